The Morgan fingerprint density at radius 1 is 1.28 bits per heavy atom. The van der Waals surface area contributed by atoms with Crippen LogP contribution in [0, 0.1) is 19.8 Å². The van der Waals surface area contributed by atoms with Crippen LogP contribution in [0.1, 0.15) is 55.2 Å². The number of nitrogens with zero attached hydrogens (tertiary/aromatic N) is 2. The predicted octanol–water partition coefficient (Wildman–Crippen LogP) is 2.66. The molecule has 1 aliphatic rings. The molecule has 3 heterocycles. The predicted molar refractivity (Wildman–Crippen MR) is 94.4 cm³/mol. The molecule has 1 amide bonds. The Labute approximate surface area is 147 Å². The molecule has 0 saturated heterocycles. The van der Waals surface area contributed by atoms with Crippen molar-refractivity contribution in [2.45, 2.75) is 46.3 Å². The molecule has 2 aromatic rings. The molecule has 0 aromatic carbocycles. The van der Waals surface area contributed by atoms with Gasteiger partial charge in [-0.25, -0.2) is 4.99 Å². The van der Waals surface area contributed by atoms with Gasteiger partial charge in [0.1, 0.15) is 28.9 Å². The molecule has 6 heteroatoms. The van der Waals surface area contributed by atoms with Gasteiger partial charge in [-0.2, -0.15) is 0 Å². The molecule has 2 atom stereocenters. The normalized spacial score (nSPS) is 21.4. The number of aliphatic hydroxyl groups is 1. The standard InChI is InChI=1S/C19H23N3O3/c1-10(2)19(5)18(24)21-17(22-19)15-13(8-11(3)9-20-15)16(23)14-7-6-12(4)25-14/h6-10,16,23H,1-5H3,(H,21,22,24). The van der Waals surface area contributed by atoms with Crippen molar-refractivity contribution in [2.75, 3.05) is 0 Å². The molecule has 0 aliphatic carbocycles. The highest BCUT2D eigenvalue weighted by molar-refractivity contribution is 6.15. The minimum Gasteiger partial charge on any atom is -0.463 e. The van der Waals surface area contributed by atoms with E-state index in [9.17, 15) is 9.90 Å². The van der Waals surface area contributed by atoms with Gasteiger partial charge in [-0.3, -0.25) is 9.78 Å². The summed E-state index contributed by atoms with van der Waals surface area (Å²) in [5.74, 6) is 1.42. The van der Waals surface area contributed by atoms with Crippen molar-refractivity contribution in [3.8, 4) is 0 Å². The number of aryl methyl sites for hydroxylation is 2. The highest BCUT2D eigenvalue weighted by atomic mass is 16.4. The zero-order chi connectivity index (χ0) is 18.4. The van der Waals surface area contributed by atoms with E-state index in [1.165, 1.54) is 0 Å². The van der Waals surface area contributed by atoms with E-state index in [2.05, 4.69) is 15.3 Å². The first-order valence-electron chi connectivity index (χ1n) is 8.35. The van der Waals surface area contributed by atoms with Crippen LogP contribution in [0.3, 0.4) is 0 Å². The maximum absolute atomic E-state index is 12.4. The molecule has 132 valence electrons. The van der Waals surface area contributed by atoms with E-state index in [1.807, 2.05) is 33.8 Å². The van der Waals surface area contributed by atoms with Crippen molar-refractivity contribution in [2.24, 2.45) is 10.9 Å². The molecule has 2 unspecified atom stereocenters. The topological polar surface area (TPSA) is 87.7 Å². The molecule has 1 aliphatic heterocycles. The Morgan fingerprint density at radius 3 is 2.56 bits per heavy atom. The van der Waals surface area contributed by atoms with E-state index in [4.69, 9.17) is 4.42 Å². The van der Waals surface area contributed by atoms with Crippen LogP contribution >= 0.6 is 0 Å². The minimum absolute atomic E-state index is 0.0385. The highest BCUT2D eigenvalue weighted by Gasteiger charge is 2.43. The van der Waals surface area contributed by atoms with Gasteiger partial charge >= 0.3 is 0 Å². The molecule has 6 nitrogen and oxygen atoms in total. The number of carbonyl (C=O) groups excluding carboxylic acids is 1. The Balaban J connectivity index is 2.08. The first-order valence-corrected chi connectivity index (χ1v) is 8.35. The Hall–Kier alpha value is -2.47. The summed E-state index contributed by atoms with van der Waals surface area (Å²) in [6, 6.07) is 5.37. The summed E-state index contributed by atoms with van der Waals surface area (Å²) >= 11 is 0. The fourth-order valence-electron chi connectivity index (χ4n) is 2.80. The zero-order valence-electron chi connectivity index (χ0n) is 15.1. The van der Waals surface area contributed by atoms with Gasteiger partial charge in [0, 0.05) is 11.8 Å². The Morgan fingerprint density at radius 2 is 2.00 bits per heavy atom. The Bertz CT molecular complexity index is 853. The molecule has 2 aromatic heterocycles. The van der Waals surface area contributed by atoms with Gasteiger partial charge in [0.15, 0.2) is 5.84 Å². The molecule has 3 rings (SSSR count). The van der Waals surface area contributed by atoms with Gasteiger partial charge in [0.05, 0.1) is 0 Å². The van der Waals surface area contributed by atoms with Crippen molar-refractivity contribution < 1.29 is 14.3 Å². The number of amidine groups is 1. The van der Waals surface area contributed by atoms with Crippen molar-refractivity contribution in [1.82, 2.24) is 10.3 Å². The maximum Gasteiger partial charge on any atom is 0.253 e. The summed E-state index contributed by atoms with van der Waals surface area (Å²) in [6.45, 7) is 9.43. The van der Waals surface area contributed by atoms with Crippen LogP contribution in [-0.4, -0.2) is 27.4 Å². The van der Waals surface area contributed by atoms with Gasteiger partial charge in [-0.1, -0.05) is 13.8 Å². The van der Waals surface area contributed by atoms with Crippen molar-refractivity contribution >= 4 is 11.7 Å². The van der Waals surface area contributed by atoms with Crippen LogP contribution < -0.4 is 5.32 Å². The average Bonchev–Trinajstić information content (AvgIpc) is 3.11. The molecule has 2 N–H and O–H groups in total. The number of amides is 1. The molecular weight excluding hydrogens is 318 g/mol. The van der Waals surface area contributed by atoms with Gasteiger partial charge in [-0.15, -0.1) is 0 Å². The van der Waals surface area contributed by atoms with Crippen LogP contribution in [-0.2, 0) is 4.79 Å². The van der Waals surface area contributed by atoms with E-state index in [0.29, 0.717) is 22.9 Å². The number of carbonyl (C=O) groups is 1. The average molecular weight is 341 g/mol. The largest absolute Gasteiger partial charge is 0.463 e. The van der Waals surface area contributed by atoms with Gasteiger partial charge < -0.3 is 14.8 Å². The summed E-state index contributed by atoms with van der Waals surface area (Å²) in [4.78, 5) is 21.4. The SMILES string of the molecule is Cc1cnc(C2=NC(C)(C(C)C)C(=O)N2)c(C(O)c2ccc(C)o2)c1. The summed E-state index contributed by atoms with van der Waals surface area (Å²) < 4.78 is 5.55. The van der Waals surface area contributed by atoms with Crippen molar-refractivity contribution in [1.29, 1.82) is 0 Å². The summed E-state index contributed by atoms with van der Waals surface area (Å²) in [5.41, 5.74) is 1.08. The van der Waals surface area contributed by atoms with Crippen LogP contribution in [0.15, 0.2) is 33.8 Å². The van der Waals surface area contributed by atoms with Gasteiger partial charge in [0.2, 0.25) is 0 Å². The summed E-state index contributed by atoms with van der Waals surface area (Å²) in [6.07, 6.45) is 0.708. The molecule has 0 bridgehead atoms. The number of aliphatic imine (C=N–C) groups is 1. The number of hydrogen-bond acceptors (Lipinski definition) is 5. The number of rotatable bonds is 4. The molecule has 0 radical (unpaired) electrons. The zero-order valence-corrected chi connectivity index (χ0v) is 15.1. The van der Waals surface area contributed by atoms with E-state index < -0.39 is 11.6 Å². The third kappa shape index (κ3) is 2.98. The van der Waals surface area contributed by atoms with Crippen LogP contribution in [0.5, 0.6) is 0 Å². The monoisotopic (exact) mass is 341 g/mol. The van der Waals surface area contributed by atoms with Crippen molar-refractivity contribution in [3.05, 3.63) is 52.7 Å². The first-order chi connectivity index (χ1) is 11.7. The summed E-state index contributed by atoms with van der Waals surface area (Å²) in [7, 11) is 0. The van der Waals surface area contributed by atoms with Crippen LogP contribution in [0.2, 0.25) is 0 Å². The van der Waals surface area contributed by atoms with E-state index in [1.54, 1.807) is 25.3 Å². The molecular formula is C19H23N3O3. The molecule has 25 heavy (non-hydrogen) atoms. The molecule has 0 fully saturated rings. The number of hydrogen-bond donors (Lipinski definition) is 2. The molecule has 0 saturated carbocycles. The smallest absolute Gasteiger partial charge is 0.253 e. The number of furan rings is 1. The second-order valence-corrected chi connectivity index (χ2v) is 7.02. The second kappa shape index (κ2) is 6.11. The van der Waals surface area contributed by atoms with Crippen LogP contribution in [0.25, 0.3) is 0 Å². The third-order valence-corrected chi connectivity index (χ3v) is 4.76. The molecule has 0 spiro atoms. The number of aromatic nitrogens is 1. The lowest BCUT2D eigenvalue weighted by Gasteiger charge is -2.21. The summed E-state index contributed by atoms with van der Waals surface area (Å²) in [5, 5.41) is 13.6. The van der Waals surface area contributed by atoms with Crippen LogP contribution in [0.4, 0.5) is 0 Å². The van der Waals surface area contributed by atoms with Gasteiger partial charge in [-0.05, 0) is 50.5 Å². The minimum atomic E-state index is -0.985. The lowest BCUT2D eigenvalue weighted by atomic mass is 9.89. The van der Waals surface area contributed by atoms with Crippen molar-refractivity contribution in [3.63, 3.8) is 0 Å². The van der Waals surface area contributed by atoms with E-state index in [0.717, 1.165) is 11.3 Å². The lowest BCUT2D eigenvalue weighted by Crippen LogP contribution is -2.41. The maximum atomic E-state index is 12.4. The number of pyridine rings is 1. The number of aliphatic hydroxyl groups excluding tert-OH is 1. The fraction of sp³-hybridized carbons (Fsp3) is 0.421. The third-order valence-electron chi connectivity index (χ3n) is 4.76. The van der Waals surface area contributed by atoms with E-state index >= 15 is 0 Å². The lowest BCUT2D eigenvalue weighted by molar-refractivity contribution is -0.124. The fourth-order valence-corrected chi connectivity index (χ4v) is 2.80. The number of nitrogens with one attached hydrogen (secondary N) is 1. The Kier molecular flexibility index (Phi) is 4.24. The van der Waals surface area contributed by atoms with E-state index in [-0.39, 0.29) is 11.8 Å². The quantitative estimate of drug-likeness (QED) is 0.895. The first kappa shape index (κ1) is 17.4. The van der Waals surface area contributed by atoms with Gasteiger partial charge in [0.25, 0.3) is 5.91 Å². The second-order valence-electron chi connectivity index (χ2n) is 7.02. The highest BCUT2D eigenvalue weighted by Crippen LogP contribution is 2.30.